The summed E-state index contributed by atoms with van der Waals surface area (Å²) in [5, 5.41) is 2.93. The largest absolute Gasteiger partial charge is 0.371 e. The van der Waals surface area contributed by atoms with E-state index >= 15 is 0 Å². The molecule has 0 saturated carbocycles. The molecule has 1 aromatic heterocycles. The predicted octanol–water partition coefficient (Wildman–Crippen LogP) is 3.49. The van der Waals surface area contributed by atoms with Gasteiger partial charge in [-0.25, -0.2) is 0 Å². The molecule has 0 aliphatic rings. The van der Waals surface area contributed by atoms with E-state index in [4.69, 9.17) is 0 Å². The summed E-state index contributed by atoms with van der Waals surface area (Å²) in [6.45, 7) is 7.93. The van der Waals surface area contributed by atoms with Crippen LogP contribution >= 0.6 is 0 Å². The summed E-state index contributed by atoms with van der Waals surface area (Å²) < 4.78 is 0. The van der Waals surface area contributed by atoms with Gasteiger partial charge in [-0.15, -0.1) is 0 Å². The Morgan fingerprint density at radius 3 is 2.57 bits per heavy atom. The van der Waals surface area contributed by atoms with Gasteiger partial charge in [-0.3, -0.25) is 9.78 Å². The lowest BCUT2D eigenvalue weighted by molar-refractivity contribution is 0.102. The Bertz CT molecular complexity index is 621. The van der Waals surface area contributed by atoms with Crippen LogP contribution in [0.1, 0.15) is 29.8 Å². The van der Waals surface area contributed by atoms with Crippen molar-refractivity contribution in [3.05, 3.63) is 53.9 Å². The van der Waals surface area contributed by atoms with Crippen LogP contribution in [0.15, 0.2) is 42.7 Å². The second-order valence-corrected chi connectivity index (χ2v) is 4.87. The second kappa shape index (κ2) is 6.88. The van der Waals surface area contributed by atoms with E-state index in [1.807, 2.05) is 37.3 Å². The molecule has 0 aliphatic carbocycles. The first-order valence-electron chi connectivity index (χ1n) is 7.22. The lowest BCUT2D eigenvalue weighted by atomic mass is 10.2. The maximum atomic E-state index is 12.3. The van der Waals surface area contributed by atoms with Crippen LogP contribution in [0.5, 0.6) is 0 Å². The third kappa shape index (κ3) is 3.60. The maximum Gasteiger partial charge on any atom is 0.257 e. The molecule has 1 aromatic carbocycles. The normalized spacial score (nSPS) is 10.2. The summed E-state index contributed by atoms with van der Waals surface area (Å²) in [6.07, 6.45) is 3.39. The van der Waals surface area contributed by atoms with Crippen molar-refractivity contribution >= 4 is 17.3 Å². The number of carbonyl (C=O) groups excluding carboxylic acids is 1. The van der Waals surface area contributed by atoms with Crippen LogP contribution in [0.4, 0.5) is 11.4 Å². The molecular formula is C17H21N3O. The van der Waals surface area contributed by atoms with Crippen LogP contribution in [0.3, 0.4) is 0 Å². The Balaban J connectivity index is 2.20. The fourth-order valence-corrected chi connectivity index (χ4v) is 2.22. The van der Waals surface area contributed by atoms with Crippen LogP contribution < -0.4 is 10.2 Å². The highest BCUT2D eigenvalue weighted by Crippen LogP contribution is 2.17. The Kier molecular flexibility index (Phi) is 4.93. The van der Waals surface area contributed by atoms with Crippen molar-refractivity contribution in [1.29, 1.82) is 0 Å². The number of aromatic nitrogens is 1. The number of amides is 1. The number of para-hydroxylation sites is 1. The minimum absolute atomic E-state index is 0.134. The van der Waals surface area contributed by atoms with Crippen molar-refractivity contribution in [2.24, 2.45) is 0 Å². The van der Waals surface area contributed by atoms with Crippen LogP contribution in [-0.2, 0) is 0 Å². The summed E-state index contributed by atoms with van der Waals surface area (Å²) in [4.78, 5) is 18.7. The van der Waals surface area contributed by atoms with Crippen molar-refractivity contribution in [3.63, 3.8) is 0 Å². The number of benzene rings is 1. The number of anilines is 2. The molecule has 2 aromatic rings. The zero-order valence-corrected chi connectivity index (χ0v) is 12.8. The number of hydrogen-bond donors (Lipinski definition) is 1. The first kappa shape index (κ1) is 15.0. The number of nitrogens with zero attached hydrogens (tertiary/aromatic N) is 2. The molecule has 4 nitrogen and oxygen atoms in total. The average molecular weight is 283 g/mol. The van der Waals surface area contributed by atoms with Crippen molar-refractivity contribution in [2.45, 2.75) is 20.8 Å². The minimum Gasteiger partial charge on any atom is -0.371 e. The van der Waals surface area contributed by atoms with Gasteiger partial charge in [-0.1, -0.05) is 18.2 Å². The van der Waals surface area contributed by atoms with Gasteiger partial charge < -0.3 is 10.2 Å². The van der Waals surface area contributed by atoms with Gasteiger partial charge in [0.25, 0.3) is 5.91 Å². The van der Waals surface area contributed by atoms with E-state index in [-0.39, 0.29) is 5.91 Å². The van der Waals surface area contributed by atoms with Crippen molar-refractivity contribution in [3.8, 4) is 0 Å². The molecule has 0 radical (unpaired) electrons. The Morgan fingerprint density at radius 2 is 1.90 bits per heavy atom. The first-order chi connectivity index (χ1) is 10.2. The number of hydrogen-bond acceptors (Lipinski definition) is 3. The van der Waals surface area contributed by atoms with Crippen molar-refractivity contribution in [2.75, 3.05) is 23.3 Å². The lowest BCUT2D eigenvalue weighted by Crippen LogP contribution is -2.22. The molecule has 110 valence electrons. The average Bonchev–Trinajstić information content (AvgIpc) is 2.51. The summed E-state index contributed by atoms with van der Waals surface area (Å²) in [7, 11) is 0. The number of rotatable bonds is 5. The third-order valence-corrected chi connectivity index (χ3v) is 3.51. The molecule has 1 amide bonds. The Labute approximate surface area is 125 Å². The molecule has 0 unspecified atom stereocenters. The van der Waals surface area contributed by atoms with E-state index < -0.39 is 0 Å². The number of carbonyl (C=O) groups is 1. The molecule has 4 heteroatoms. The number of aryl methyl sites for hydroxylation is 1. The van der Waals surface area contributed by atoms with Gasteiger partial charge in [0.05, 0.1) is 17.4 Å². The smallest absolute Gasteiger partial charge is 0.257 e. The fraction of sp³-hybridized carbons (Fsp3) is 0.294. The monoisotopic (exact) mass is 283 g/mol. The molecule has 0 bridgehead atoms. The highest BCUT2D eigenvalue weighted by Gasteiger charge is 2.10. The van der Waals surface area contributed by atoms with Crippen LogP contribution in [0.2, 0.25) is 0 Å². The minimum atomic E-state index is -0.134. The second-order valence-electron chi connectivity index (χ2n) is 4.87. The van der Waals surface area contributed by atoms with E-state index in [1.165, 1.54) is 0 Å². The van der Waals surface area contributed by atoms with E-state index in [0.29, 0.717) is 5.56 Å². The summed E-state index contributed by atoms with van der Waals surface area (Å²) >= 11 is 0. The standard InChI is InChI=1S/C17H21N3O/c1-4-20(5-2)15-10-14(11-18-12-15)17(21)19-16-9-7-6-8-13(16)3/h6-12H,4-5H2,1-3H3,(H,19,21). The number of pyridine rings is 1. The molecule has 1 N–H and O–H groups in total. The molecule has 0 aliphatic heterocycles. The van der Waals surface area contributed by atoms with Gasteiger partial charge in [-0.05, 0) is 38.5 Å². The van der Waals surface area contributed by atoms with E-state index in [1.54, 1.807) is 12.4 Å². The van der Waals surface area contributed by atoms with Gasteiger partial charge in [0.15, 0.2) is 0 Å². The highest BCUT2D eigenvalue weighted by molar-refractivity contribution is 6.04. The summed E-state index contributed by atoms with van der Waals surface area (Å²) in [5.41, 5.74) is 3.41. The molecule has 0 atom stereocenters. The van der Waals surface area contributed by atoms with E-state index in [0.717, 1.165) is 30.0 Å². The van der Waals surface area contributed by atoms with Crippen LogP contribution in [-0.4, -0.2) is 24.0 Å². The molecule has 1 heterocycles. The molecule has 0 fully saturated rings. The van der Waals surface area contributed by atoms with Gasteiger partial charge in [0.1, 0.15) is 0 Å². The van der Waals surface area contributed by atoms with Gasteiger partial charge >= 0.3 is 0 Å². The van der Waals surface area contributed by atoms with Crippen LogP contribution in [0, 0.1) is 6.92 Å². The molecule has 0 spiro atoms. The summed E-state index contributed by atoms with van der Waals surface area (Å²) in [6, 6.07) is 9.61. The van der Waals surface area contributed by atoms with E-state index in [2.05, 4.69) is 29.0 Å². The number of nitrogens with one attached hydrogen (secondary N) is 1. The molecular weight excluding hydrogens is 262 g/mol. The first-order valence-corrected chi connectivity index (χ1v) is 7.22. The topological polar surface area (TPSA) is 45.2 Å². The fourth-order valence-electron chi connectivity index (χ4n) is 2.22. The third-order valence-electron chi connectivity index (χ3n) is 3.51. The van der Waals surface area contributed by atoms with E-state index in [9.17, 15) is 4.79 Å². The Morgan fingerprint density at radius 1 is 1.19 bits per heavy atom. The molecule has 21 heavy (non-hydrogen) atoms. The molecule has 2 rings (SSSR count). The highest BCUT2D eigenvalue weighted by atomic mass is 16.1. The van der Waals surface area contributed by atoms with Crippen LogP contribution in [0.25, 0.3) is 0 Å². The van der Waals surface area contributed by atoms with Gasteiger partial charge in [0, 0.05) is 25.0 Å². The SMILES string of the molecule is CCN(CC)c1cncc(C(=O)Nc2ccccc2C)c1. The zero-order chi connectivity index (χ0) is 15.2. The summed E-state index contributed by atoms with van der Waals surface area (Å²) in [5.74, 6) is -0.134. The van der Waals surface area contributed by atoms with Gasteiger partial charge in [-0.2, -0.15) is 0 Å². The van der Waals surface area contributed by atoms with Crippen molar-refractivity contribution < 1.29 is 4.79 Å². The lowest BCUT2D eigenvalue weighted by Gasteiger charge is -2.20. The maximum absolute atomic E-state index is 12.3. The zero-order valence-electron chi connectivity index (χ0n) is 12.8. The molecule has 0 saturated heterocycles. The van der Waals surface area contributed by atoms with Gasteiger partial charge in [0.2, 0.25) is 0 Å². The predicted molar refractivity (Wildman–Crippen MR) is 86.9 cm³/mol. The van der Waals surface area contributed by atoms with Crippen molar-refractivity contribution in [1.82, 2.24) is 4.98 Å². The quantitative estimate of drug-likeness (QED) is 0.913. The Hall–Kier alpha value is -2.36.